The Balaban J connectivity index is 0.000000225. The van der Waals surface area contributed by atoms with E-state index >= 15 is 0 Å². The van der Waals surface area contributed by atoms with Crippen LogP contribution in [0, 0.1) is 5.92 Å². The van der Waals surface area contributed by atoms with Crippen molar-refractivity contribution >= 4 is 27.5 Å². The van der Waals surface area contributed by atoms with Gasteiger partial charge in [0.2, 0.25) is 5.82 Å². The number of carboxylic acid groups (broad SMARTS) is 1. The first-order chi connectivity index (χ1) is 10.1. The average Bonchev–Trinajstić information content (AvgIpc) is 3.08. The summed E-state index contributed by atoms with van der Waals surface area (Å²) in [6.45, 7) is 0.917. The molecule has 0 saturated heterocycles. The van der Waals surface area contributed by atoms with E-state index < -0.39 is 5.97 Å². The molecule has 4 rings (SSSR count). The Morgan fingerprint density at radius 3 is 2.76 bits per heavy atom. The number of carboxylic acids is 1. The van der Waals surface area contributed by atoms with Crippen molar-refractivity contribution in [2.24, 2.45) is 11.7 Å². The van der Waals surface area contributed by atoms with Crippen LogP contribution in [0.5, 0.6) is 0 Å². The molecule has 2 heterocycles. The number of fused-ring (bicyclic) bond motifs is 3. The standard InChI is InChI=1S/C10H8N2O3S.C4H9N/c13-8-6-4-2-1-3-5(4)16-9(6)12-7(11-8)10(14)15;5-3-4-1-2-4/h1-3H2,(H,14,15)(H,11,12,13);4H,1-3,5H2. The lowest BCUT2D eigenvalue weighted by molar-refractivity contribution is 0.0683. The van der Waals surface area contributed by atoms with Crippen LogP contribution in [0.3, 0.4) is 0 Å². The number of aromatic amines is 1. The number of aromatic nitrogens is 2. The Bertz CT molecular complexity index is 746. The van der Waals surface area contributed by atoms with E-state index in [0.29, 0.717) is 10.2 Å². The van der Waals surface area contributed by atoms with Crippen LogP contribution >= 0.6 is 11.3 Å². The first-order valence-corrected chi connectivity index (χ1v) is 7.89. The summed E-state index contributed by atoms with van der Waals surface area (Å²) in [4.78, 5) is 30.5. The summed E-state index contributed by atoms with van der Waals surface area (Å²) in [5.74, 6) is -0.569. The summed E-state index contributed by atoms with van der Waals surface area (Å²) < 4.78 is 0. The number of nitrogens with zero attached hydrogens (tertiary/aromatic N) is 1. The molecule has 2 aliphatic carbocycles. The Kier molecular flexibility index (Phi) is 3.77. The third-order valence-electron chi connectivity index (χ3n) is 3.81. The van der Waals surface area contributed by atoms with Crippen molar-refractivity contribution in [1.29, 1.82) is 0 Å². The van der Waals surface area contributed by atoms with E-state index in [2.05, 4.69) is 9.97 Å². The lowest BCUT2D eigenvalue weighted by atomic mass is 10.2. The molecular formula is C14H17N3O3S. The second kappa shape index (κ2) is 5.57. The van der Waals surface area contributed by atoms with Gasteiger partial charge in [-0.15, -0.1) is 11.3 Å². The van der Waals surface area contributed by atoms with Gasteiger partial charge >= 0.3 is 5.97 Å². The maximum absolute atomic E-state index is 11.8. The molecule has 0 radical (unpaired) electrons. The van der Waals surface area contributed by atoms with Gasteiger partial charge in [-0.1, -0.05) is 0 Å². The largest absolute Gasteiger partial charge is 0.475 e. The Labute approximate surface area is 125 Å². The predicted octanol–water partition coefficient (Wildman–Crippen LogP) is 1.53. The zero-order valence-electron chi connectivity index (χ0n) is 11.5. The number of hydrogen-bond acceptors (Lipinski definition) is 5. The van der Waals surface area contributed by atoms with Crippen LogP contribution in [0.15, 0.2) is 4.79 Å². The molecule has 0 spiro atoms. The SMILES string of the molecule is NCC1CC1.O=C(O)c1nc2sc3c(c2c(=O)[nH]1)CCC3. The van der Waals surface area contributed by atoms with Crippen LogP contribution < -0.4 is 11.3 Å². The summed E-state index contributed by atoms with van der Waals surface area (Å²) in [5, 5.41) is 9.37. The van der Waals surface area contributed by atoms with E-state index in [-0.39, 0.29) is 11.4 Å². The smallest absolute Gasteiger partial charge is 0.372 e. The third-order valence-corrected chi connectivity index (χ3v) is 4.99. The molecule has 7 heteroatoms. The minimum Gasteiger partial charge on any atom is -0.475 e. The minimum absolute atomic E-state index is 0.280. The maximum Gasteiger partial charge on any atom is 0.372 e. The number of thiophene rings is 1. The van der Waals surface area contributed by atoms with Crippen molar-refractivity contribution in [2.45, 2.75) is 32.1 Å². The van der Waals surface area contributed by atoms with Gasteiger partial charge in [-0.3, -0.25) is 4.79 Å². The highest BCUT2D eigenvalue weighted by atomic mass is 32.1. The van der Waals surface area contributed by atoms with Crippen molar-refractivity contribution in [2.75, 3.05) is 6.54 Å². The number of aryl methyl sites for hydroxylation is 2. The molecule has 0 aromatic carbocycles. The minimum atomic E-state index is -1.20. The van der Waals surface area contributed by atoms with E-state index in [9.17, 15) is 9.59 Å². The molecule has 1 saturated carbocycles. The fraction of sp³-hybridized carbons (Fsp3) is 0.500. The van der Waals surface area contributed by atoms with Gasteiger partial charge in [0.1, 0.15) is 4.83 Å². The number of rotatable bonds is 2. The summed E-state index contributed by atoms with van der Waals surface area (Å²) in [5.41, 5.74) is 5.96. The van der Waals surface area contributed by atoms with Crippen LogP contribution in [-0.2, 0) is 12.8 Å². The zero-order valence-corrected chi connectivity index (χ0v) is 12.3. The summed E-state index contributed by atoms with van der Waals surface area (Å²) >= 11 is 1.44. The molecule has 2 aromatic rings. The van der Waals surface area contributed by atoms with Crippen LogP contribution in [-0.4, -0.2) is 27.6 Å². The molecule has 112 valence electrons. The second-order valence-electron chi connectivity index (χ2n) is 5.44. The van der Waals surface area contributed by atoms with Gasteiger partial charge in [-0.25, -0.2) is 9.78 Å². The molecule has 0 bridgehead atoms. The number of nitrogens with two attached hydrogens (primary N) is 1. The highest BCUT2D eigenvalue weighted by Gasteiger charge is 2.22. The Morgan fingerprint density at radius 2 is 2.19 bits per heavy atom. The fourth-order valence-corrected chi connectivity index (χ4v) is 3.72. The normalized spacial score (nSPS) is 16.4. The Morgan fingerprint density at radius 1 is 1.43 bits per heavy atom. The average molecular weight is 307 g/mol. The quantitative estimate of drug-likeness (QED) is 0.779. The maximum atomic E-state index is 11.8. The highest BCUT2D eigenvalue weighted by molar-refractivity contribution is 7.18. The molecule has 4 N–H and O–H groups in total. The van der Waals surface area contributed by atoms with E-state index in [0.717, 1.165) is 37.3 Å². The molecule has 0 atom stereocenters. The first-order valence-electron chi connectivity index (χ1n) is 7.08. The third kappa shape index (κ3) is 2.84. The monoisotopic (exact) mass is 307 g/mol. The van der Waals surface area contributed by atoms with Crippen molar-refractivity contribution in [3.8, 4) is 0 Å². The number of hydrogen-bond donors (Lipinski definition) is 3. The summed E-state index contributed by atoms with van der Waals surface area (Å²) in [6, 6.07) is 0. The summed E-state index contributed by atoms with van der Waals surface area (Å²) in [7, 11) is 0. The molecule has 1 fully saturated rings. The van der Waals surface area contributed by atoms with Crippen LogP contribution in [0.2, 0.25) is 0 Å². The fourth-order valence-electron chi connectivity index (χ4n) is 2.46. The van der Waals surface area contributed by atoms with Gasteiger partial charge in [0.15, 0.2) is 0 Å². The zero-order chi connectivity index (χ0) is 15.0. The first kappa shape index (κ1) is 14.2. The molecule has 21 heavy (non-hydrogen) atoms. The van der Waals surface area contributed by atoms with Gasteiger partial charge in [-0.2, -0.15) is 0 Å². The molecule has 0 aliphatic heterocycles. The number of H-pyrrole nitrogens is 1. The molecular weight excluding hydrogens is 290 g/mol. The molecule has 0 amide bonds. The number of aromatic carboxylic acids is 1. The number of nitrogens with one attached hydrogen (secondary N) is 1. The highest BCUT2D eigenvalue weighted by Crippen LogP contribution is 2.34. The second-order valence-corrected chi connectivity index (χ2v) is 6.52. The van der Waals surface area contributed by atoms with Crippen LogP contribution in [0.25, 0.3) is 10.2 Å². The van der Waals surface area contributed by atoms with E-state index in [1.165, 1.54) is 29.1 Å². The van der Waals surface area contributed by atoms with Crippen molar-refractivity contribution in [1.82, 2.24) is 9.97 Å². The molecule has 2 aliphatic rings. The summed E-state index contributed by atoms with van der Waals surface area (Å²) in [6.07, 6.45) is 5.70. The van der Waals surface area contributed by atoms with Gasteiger partial charge in [0.05, 0.1) is 5.39 Å². The van der Waals surface area contributed by atoms with Crippen molar-refractivity contribution in [3.05, 3.63) is 26.6 Å². The van der Waals surface area contributed by atoms with Crippen LogP contribution in [0.4, 0.5) is 0 Å². The van der Waals surface area contributed by atoms with E-state index in [1.54, 1.807) is 0 Å². The molecule has 2 aromatic heterocycles. The molecule has 6 nitrogen and oxygen atoms in total. The van der Waals surface area contributed by atoms with Gasteiger partial charge in [0.25, 0.3) is 5.56 Å². The van der Waals surface area contributed by atoms with Gasteiger partial charge < -0.3 is 15.8 Å². The van der Waals surface area contributed by atoms with Crippen molar-refractivity contribution in [3.63, 3.8) is 0 Å². The number of carbonyl (C=O) groups is 1. The van der Waals surface area contributed by atoms with E-state index in [1.807, 2.05) is 0 Å². The van der Waals surface area contributed by atoms with Gasteiger partial charge in [-0.05, 0) is 50.1 Å². The lowest BCUT2D eigenvalue weighted by Crippen LogP contribution is -2.15. The van der Waals surface area contributed by atoms with E-state index in [4.69, 9.17) is 10.8 Å². The van der Waals surface area contributed by atoms with Crippen molar-refractivity contribution < 1.29 is 9.90 Å². The predicted molar refractivity (Wildman–Crippen MR) is 81.0 cm³/mol. The Hall–Kier alpha value is -1.73. The topological polar surface area (TPSA) is 109 Å². The van der Waals surface area contributed by atoms with Crippen LogP contribution in [0.1, 0.15) is 40.3 Å². The van der Waals surface area contributed by atoms with Gasteiger partial charge in [0, 0.05) is 4.88 Å². The molecule has 0 unspecified atom stereocenters. The lowest BCUT2D eigenvalue weighted by Gasteiger charge is -1.95.